The minimum Gasteiger partial charge on any atom is -0.354 e. The lowest BCUT2D eigenvalue weighted by molar-refractivity contribution is 0.119. The Hall–Kier alpha value is -0.0400. The van der Waals surface area contributed by atoms with Gasteiger partial charge in [-0.25, -0.2) is 0 Å². The minimum absolute atomic E-state index is 0. The zero-order chi connectivity index (χ0) is 16.1. The quantitative estimate of drug-likeness (QED) is 0.382. The molecule has 0 aromatic carbocycles. The molecular formula is C19H37IN4. The molecule has 0 aromatic heterocycles. The van der Waals surface area contributed by atoms with Gasteiger partial charge >= 0.3 is 0 Å². The van der Waals surface area contributed by atoms with E-state index in [0.717, 1.165) is 17.9 Å². The predicted molar refractivity (Wildman–Crippen MR) is 113 cm³/mol. The summed E-state index contributed by atoms with van der Waals surface area (Å²) in [5, 5.41) is 7.30. The zero-order valence-electron chi connectivity index (χ0n) is 15.6. The molecule has 2 atom stereocenters. The van der Waals surface area contributed by atoms with Gasteiger partial charge in [0.25, 0.3) is 0 Å². The molecular weight excluding hydrogens is 411 g/mol. The third kappa shape index (κ3) is 5.75. The number of nitrogens with zero attached hydrogens (tertiary/aromatic N) is 2. The molecule has 24 heavy (non-hydrogen) atoms. The molecule has 5 heteroatoms. The van der Waals surface area contributed by atoms with Crippen LogP contribution in [0.4, 0.5) is 0 Å². The molecule has 140 valence electrons. The molecule has 0 radical (unpaired) electrons. The van der Waals surface area contributed by atoms with Gasteiger partial charge in [0.05, 0.1) is 0 Å². The van der Waals surface area contributed by atoms with Crippen molar-refractivity contribution in [3.05, 3.63) is 0 Å². The monoisotopic (exact) mass is 448 g/mol. The van der Waals surface area contributed by atoms with Crippen molar-refractivity contribution < 1.29 is 0 Å². The van der Waals surface area contributed by atoms with Gasteiger partial charge in [0, 0.05) is 38.3 Å². The van der Waals surface area contributed by atoms with Crippen LogP contribution in [0.5, 0.6) is 0 Å². The molecule has 2 unspecified atom stereocenters. The fourth-order valence-corrected chi connectivity index (χ4v) is 4.51. The van der Waals surface area contributed by atoms with Gasteiger partial charge in [-0.05, 0) is 44.4 Å². The highest BCUT2D eigenvalue weighted by Crippen LogP contribution is 2.34. The molecule has 3 rings (SSSR count). The number of hydrogen-bond donors (Lipinski definition) is 2. The van der Waals surface area contributed by atoms with Crippen LogP contribution in [0.1, 0.15) is 71.1 Å². The molecule has 3 aliphatic rings. The topological polar surface area (TPSA) is 39.7 Å². The first-order chi connectivity index (χ1) is 11.3. The Morgan fingerprint density at radius 2 is 1.75 bits per heavy atom. The molecule has 3 fully saturated rings. The zero-order valence-corrected chi connectivity index (χ0v) is 17.9. The lowest BCUT2D eigenvalue weighted by Crippen LogP contribution is -2.51. The van der Waals surface area contributed by atoms with E-state index in [4.69, 9.17) is 0 Å². The number of nitrogens with one attached hydrogen (secondary N) is 2. The number of piperidine rings is 1. The predicted octanol–water partition coefficient (Wildman–Crippen LogP) is 3.76. The summed E-state index contributed by atoms with van der Waals surface area (Å²) < 4.78 is 0. The molecule has 0 spiro atoms. The van der Waals surface area contributed by atoms with Crippen LogP contribution in [0.2, 0.25) is 0 Å². The van der Waals surface area contributed by atoms with Gasteiger partial charge in [-0.1, -0.05) is 32.6 Å². The summed E-state index contributed by atoms with van der Waals surface area (Å²) in [6, 6.07) is 2.15. The molecule has 1 saturated heterocycles. The third-order valence-electron chi connectivity index (χ3n) is 6.09. The van der Waals surface area contributed by atoms with Crippen LogP contribution in [-0.2, 0) is 0 Å². The summed E-state index contributed by atoms with van der Waals surface area (Å²) in [5.74, 6) is 1.91. The number of guanidine groups is 1. The van der Waals surface area contributed by atoms with E-state index in [1.54, 1.807) is 0 Å². The number of aliphatic imine (C=N–C) groups is 1. The lowest BCUT2D eigenvalue weighted by atomic mass is 9.92. The van der Waals surface area contributed by atoms with Gasteiger partial charge in [-0.3, -0.25) is 4.99 Å². The Balaban J connectivity index is 0.00000208. The van der Waals surface area contributed by atoms with Crippen LogP contribution in [0.25, 0.3) is 0 Å². The van der Waals surface area contributed by atoms with Gasteiger partial charge in [-0.15, -0.1) is 24.0 Å². The van der Waals surface area contributed by atoms with Crippen molar-refractivity contribution in [3.8, 4) is 0 Å². The fourth-order valence-electron chi connectivity index (χ4n) is 4.51. The van der Waals surface area contributed by atoms with Crippen molar-refractivity contribution in [1.82, 2.24) is 15.5 Å². The lowest BCUT2D eigenvalue weighted by Gasteiger charge is -2.39. The van der Waals surface area contributed by atoms with Gasteiger partial charge < -0.3 is 15.5 Å². The molecule has 2 aliphatic carbocycles. The summed E-state index contributed by atoms with van der Waals surface area (Å²) in [7, 11) is 1.91. The number of halogens is 1. The van der Waals surface area contributed by atoms with E-state index >= 15 is 0 Å². The second kappa shape index (κ2) is 10.2. The van der Waals surface area contributed by atoms with Crippen LogP contribution in [0.3, 0.4) is 0 Å². The smallest absolute Gasteiger partial charge is 0.191 e. The van der Waals surface area contributed by atoms with Crippen LogP contribution in [-0.4, -0.2) is 49.1 Å². The first-order valence-electron chi connectivity index (χ1n) is 10.0. The minimum atomic E-state index is 0. The van der Waals surface area contributed by atoms with Crippen LogP contribution in [0.15, 0.2) is 4.99 Å². The Morgan fingerprint density at radius 3 is 2.38 bits per heavy atom. The molecule has 0 amide bonds. The Morgan fingerprint density at radius 1 is 1.04 bits per heavy atom. The SMILES string of the molecule is CCCC1CC1NC(=NC)NC1CCN(C2CCCCC2)CC1.I. The van der Waals surface area contributed by atoms with Crippen molar-refractivity contribution in [1.29, 1.82) is 0 Å². The third-order valence-corrected chi connectivity index (χ3v) is 6.09. The highest BCUT2D eigenvalue weighted by Gasteiger charge is 2.37. The molecule has 2 N–H and O–H groups in total. The van der Waals surface area contributed by atoms with Gasteiger partial charge in [-0.2, -0.15) is 0 Å². The summed E-state index contributed by atoms with van der Waals surface area (Å²) in [6.45, 7) is 4.81. The van der Waals surface area contributed by atoms with Crippen molar-refractivity contribution in [2.45, 2.75) is 89.3 Å². The molecule has 4 nitrogen and oxygen atoms in total. The maximum Gasteiger partial charge on any atom is 0.191 e. The Labute approximate surface area is 165 Å². The van der Waals surface area contributed by atoms with E-state index in [1.165, 1.54) is 77.3 Å². The van der Waals surface area contributed by atoms with E-state index in [2.05, 4.69) is 27.4 Å². The second-order valence-corrected chi connectivity index (χ2v) is 7.85. The maximum atomic E-state index is 4.45. The first-order valence-corrected chi connectivity index (χ1v) is 10.0. The molecule has 0 bridgehead atoms. The van der Waals surface area contributed by atoms with Crippen LogP contribution < -0.4 is 10.6 Å². The Kier molecular flexibility index (Phi) is 8.61. The fraction of sp³-hybridized carbons (Fsp3) is 0.947. The highest BCUT2D eigenvalue weighted by atomic mass is 127. The van der Waals surface area contributed by atoms with Gasteiger partial charge in [0.1, 0.15) is 0 Å². The van der Waals surface area contributed by atoms with Crippen molar-refractivity contribution in [2.24, 2.45) is 10.9 Å². The van der Waals surface area contributed by atoms with E-state index in [-0.39, 0.29) is 24.0 Å². The van der Waals surface area contributed by atoms with Gasteiger partial charge in [0.15, 0.2) is 5.96 Å². The van der Waals surface area contributed by atoms with Crippen LogP contribution >= 0.6 is 24.0 Å². The largest absolute Gasteiger partial charge is 0.354 e. The van der Waals surface area contributed by atoms with E-state index in [0.29, 0.717) is 12.1 Å². The summed E-state index contributed by atoms with van der Waals surface area (Å²) >= 11 is 0. The standard InChI is InChI=1S/C19H36N4.HI/c1-3-7-15-14-18(15)22-19(20-2)21-16-10-12-23(13-11-16)17-8-5-4-6-9-17;/h15-18H,3-14H2,1-2H3,(H2,20,21,22);1H. The van der Waals surface area contributed by atoms with Crippen molar-refractivity contribution >= 4 is 29.9 Å². The maximum absolute atomic E-state index is 4.45. The first kappa shape index (κ1) is 20.3. The molecule has 2 saturated carbocycles. The summed E-state index contributed by atoms with van der Waals surface area (Å²) in [6.07, 6.45) is 13.7. The Bertz CT molecular complexity index is 387. The molecule has 0 aromatic rings. The van der Waals surface area contributed by atoms with E-state index in [1.807, 2.05) is 7.05 Å². The molecule has 1 aliphatic heterocycles. The molecule has 1 heterocycles. The average molecular weight is 448 g/mol. The summed E-state index contributed by atoms with van der Waals surface area (Å²) in [4.78, 5) is 7.20. The van der Waals surface area contributed by atoms with Gasteiger partial charge in [0.2, 0.25) is 0 Å². The van der Waals surface area contributed by atoms with E-state index < -0.39 is 0 Å². The van der Waals surface area contributed by atoms with Crippen molar-refractivity contribution in [3.63, 3.8) is 0 Å². The normalized spacial score (nSPS) is 29.8. The number of hydrogen-bond acceptors (Lipinski definition) is 2. The second-order valence-electron chi connectivity index (χ2n) is 7.85. The summed E-state index contributed by atoms with van der Waals surface area (Å²) in [5.41, 5.74) is 0. The number of rotatable bonds is 5. The highest BCUT2D eigenvalue weighted by molar-refractivity contribution is 14.0. The number of likely N-dealkylation sites (tertiary alicyclic amines) is 1. The van der Waals surface area contributed by atoms with Crippen LogP contribution in [0, 0.1) is 5.92 Å². The van der Waals surface area contributed by atoms with E-state index in [9.17, 15) is 0 Å². The average Bonchev–Trinajstić information content (AvgIpc) is 3.33. The van der Waals surface area contributed by atoms with Crippen molar-refractivity contribution in [2.75, 3.05) is 20.1 Å².